The minimum Gasteiger partial charge on any atom is -0.378 e. The molecule has 0 aliphatic carbocycles. The van der Waals surface area contributed by atoms with Gasteiger partial charge in [-0.3, -0.25) is 9.80 Å². The van der Waals surface area contributed by atoms with Crippen LogP contribution in [0.5, 0.6) is 0 Å². The third-order valence-electron chi connectivity index (χ3n) is 4.69. The Hall–Kier alpha value is -0.160. The van der Waals surface area contributed by atoms with Crippen LogP contribution < -0.4 is 0 Å². The molecule has 3 fully saturated rings. The Kier molecular flexibility index (Phi) is 3.66. The lowest BCUT2D eigenvalue weighted by atomic mass is 10.00. The second-order valence-corrected chi connectivity index (χ2v) is 5.80. The summed E-state index contributed by atoms with van der Waals surface area (Å²) in [7, 11) is 2.23. The van der Waals surface area contributed by atoms with E-state index in [-0.39, 0.29) is 0 Å². The Balaban J connectivity index is 1.44. The van der Waals surface area contributed by atoms with Gasteiger partial charge in [-0.2, -0.15) is 0 Å². The van der Waals surface area contributed by atoms with E-state index in [2.05, 4.69) is 21.7 Å². The highest BCUT2D eigenvalue weighted by atomic mass is 16.5. The molecule has 17 heavy (non-hydrogen) atoms. The van der Waals surface area contributed by atoms with Crippen LogP contribution in [0.3, 0.4) is 0 Å². The normalized spacial score (nSPS) is 31.6. The Bertz CT molecular complexity index is 241. The maximum atomic E-state index is 5.29. The predicted octanol–water partition coefficient (Wildman–Crippen LogP) is 0.0970. The molecule has 0 atom stereocenters. The van der Waals surface area contributed by atoms with Gasteiger partial charge in [-0.1, -0.05) is 0 Å². The number of likely N-dealkylation sites (tertiary alicyclic amines) is 1. The summed E-state index contributed by atoms with van der Waals surface area (Å²) in [6.07, 6.45) is 2.72. The van der Waals surface area contributed by atoms with Crippen LogP contribution in [0.25, 0.3) is 0 Å². The van der Waals surface area contributed by atoms with Gasteiger partial charge in [-0.15, -0.1) is 0 Å². The number of rotatable bonds is 2. The van der Waals surface area contributed by atoms with Crippen LogP contribution in [0.1, 0.15) is 12.8 Å². The van der Waals surface area contributed by atoms with Gasteiger partial charge in [-0.05, 0) is 19.9 Å². The maximum absolute atomic E-state index is 5.29. The summed E-state index contributed by atoms with van der Waals surface area (Å²) >= 11 is 0. The third kappa shape index (κ3) is 2.65. The first kappa shape index (κ1) is 11.9. The molecule has 98 valence electrons. The zero-order valence-electron chi connectivity index (χ0n) is 11.0. The summed E-state index contributed by atoms with van der Waals surface area (Å²) in [6.45, 7) is 9.54. The number of nitrogens with zero attached hydrogens (tertiary/aromatic N) is 3. The second kappa shape index (κ2) is 5.22. The summed E-state index contributed by atoms with van der Waals surface area (Å²) in [4.78, 5) is 7.79. The first-order valence-electron chi connectivity index (χ1n) is 7.07. The fourth-order valence-electron chi connectivity index (χ4n) is 3.24. The fraction of sp³-hybridized carbons (Fsp3) is 1.00. The average molecular weight is 239 g/mol. The number of piperazine rings is 1. The average Bonchev–Trinajstić information content (AvgIpc) is 2.29. The Morgan fingerprint density at radius 3 is 1.88 bits per heavy atom. The quantitative estimate of drug-likeness (QED) is 0.680. The van der Waals surface area contributed by atoms with Crippen LogP contribution in [0.15, 0.2) is 0 Å². The predicted molar refractivity (Wildman–Crippen MR) is 68.3 cm³/mol. The van der Waals surface area contributed by atoms with Crippen molar-refractivity contribution in [2.75, 3.05) is 59.5 Å². The van der Waals surface area contributed by atoms with E-state index in [0.29, 0.717) is 0 Å². The summed E-state index contributed by atoms with van der Waals surface area (Å²) in [5.41, 5.74) is 0. The Morgan fingerprint density at radius 1 is 0.765 bits per heavy atom. The van der Waals surface area contributed by atoms with Gasteiger partial charge in [0.2, 0.25) is 0 Å². The van der Waals surface area contributed by atoms with Crippen LogP contribution in [-0.4, -0.2) is 86.3 Å². The van der Waals surface area contributed by atoms with Crippen molar-refractivity contribution >= 4 is 0 Å². The van der Waals surface area contributed by atoms with Gasteiger partial charge in [0.15, 0.2) is 0 Å². The van der Waals surface area contributed by atoms with Crippen molar-refractivity contribution in [3.8, 4) is 0 Å². The molecule has 0 bridgehead atoms. The van der Waals surface area contributed by atoms with Gasteiger partial charge in [-0.25, -0.2) is 0 Å². The van der Waals surface area contributed by atoms with Crippen molar-refractivity contribution in [1.29, 1.82) is 0 Å². The molecule has 3 saturated heterocycles. The zero-order chi connectivity index (χ0) is 11.7. The molecule has 0 amide bonds. The van der Waals surface area contributed by atoms with Gasteiger partial charge in [0, 0.05) is 45.3 Å². The minimum absolute atomic E-state index is 0.739. The third-order valence-corrected chi connectivity index (χ3v) is 4.69. The van der Waals surface area contributed by atoms with E-state index >= 15 is 0 Å². The van der Waals surface area contributed by atoms with E-state index in [0.717, 1.165) is 25.3 Å². The number of hydrogen-bond donors (Lipinski definition) is 0. The molecular weight excluding hydrogens is 214 g/mol. The highest BCUT2D eigenvalue weighted by Crippen LogP contribution is 2.21. The van der Waals surface area contributed by atoms with Gasteiger partial charge < -0.3 is 9.64 Å². The van der Waals surface area contributed by atoms with E-state index in [1.54, 1.807) is 0 Å². The van der Waals surface area contributed by atoms with E-state index < -0.39 is 0 Å². The zero-order valence-corrected chi connectivity index (χ0v) is 11.0. The smallest absolute Gasteiger partial charge is 0.0645 e. The van der Waals surface area contributed by atoms with Crippen molar-refractivity contribution in [1.82, 2.24) is 14.7 Å². The first-order chi connectivity index (χ1) is 8.33. The minimum atomic E-state index is 0.739. The van der Waals surface area contributed by atoms with Crippen LogP contribution in [-0.2, 0) is 4.74 Å². The van der Waals surface area contributed by atoms with Crippen molar-refractivity contribution in [3.63, 3.8) is 0 Å². The first-order valence-corrected chi connectivity index (χ1v) is 7.07. The maximum Gasteiger partial charge on any atom is 0.0645 e. The van der Waals surface area contributed by atoms with E-state index in [1.165, 1.54) is 52.1 Å². The lowest BCUT2D eigenvalue weighted by Gasteiger charge is -2.45. The van der Waals surface area contributed by atoms with Gasteiger partial charge in [0.1, 0.15) is 0 Å². The highest BCUT2D eigenvalue weighted by molar-refractivity contribution is 4.87. The van der Waals surface area contributed by atoms with Gasteiger partial charge >= 0.3 is 0 Å². The van der Waals surface area contributed by atoms with E-state index in [9.17, 15) is 0 Å². The van der Waals surface area contributed by atoms with Gasteiger partial charge in [0.25, 0.3) is 0 Å². The molecule has 0 aromatic carbocycles. The summed E-state index contributed by atoms with van der Waals surface area (Å²) < 4.78 is 5.29. The number of ether oxygens (including phenoxy) is 1. The SMILES string of the molecule is CN1CCN(C2CCN(C3COC3)CC2)CC1. The van der Waals surface area contributed by atoms with Crippen LogP contribution >= 0.6 is 0 Å². The molecular formula is C13H25N3O. The number of hydrogen-bond acceptors (Lipinski definition) is 4. The van der Waals surface area contributed by atoms with Crippen molar-refractivity contribution in [2.45, 2.75) is 24.9 Å². The molecule has 4 nitrogen and oxygen atoms in total. The standard InChI is InChI=1S/C13H25N3O/c1-14-6-8-16(9-7-14)12-2-4-15(5-3-12)13-10-17-11-13/h12-13H,2-11H2,1H3. The molecule has 0 aromatic heterocycles. The Morgan fingerprint density at radius 2 is 1.35 bits per heavy atom. The number of piperidine rings is 1. The van der Waals surface area contributed by atoms with Crippen LogP contribution in [0.2, 0.25) is 0 Å². The molecule has 0 N–H and O–H groups in total. The van der Waals surface area contributed by atoms with E-state index in [4.69, 9.17) is 4.74 Å². The monoisotopic (exact) mass is 239 g/mol. The lowest BCUT2D eigenvalue weighted by Crippen LogP contribution is -2.56. The number of likely N-dealkylation sites (N-methyl/N-ethyl adjacent to an activating group) is 1. The second-order valence-electron chi connectivity index (χ2n) is 5.80. The molecule has 0 saturated carbocycles. The fourth-order valence-corrected chi connectivity index (χ4v) is 3.24. The molecule has 4 heteroatoms. The molecule has 0 unspecified atom stereocenters. The summed E-state index contributed by atoms with van der Waals surface area (Å²) in [5.74, 6) is 0. The largest absolute Gasteiger partial charge is 0.378 e. The molecule has 3 aliphatic heterocycles. The highest BCUT2D eigenvalue weighted by Gasteiger charge is 2.32. The van der Waals surface area contributed by atoms with Crippen molar-refractivity contribution in [2.24, 2.45) is 0 Å². The lowest BCUT2D eigenvalue weighted by molar-refractivity contribution is -0.0772. The molecule has 3 aliphatic rings. The van der Waals surface area contributed by atoms with Crippen molar-refractivity contribution < 1.29 is 4.74 Å². The topological polar surface area (TPSA) is 19.0 Å². The molecule has 0 spiro atoms. The molecule has 3 heterocycles. The summed E-state index contributed by atoms with van der Waals surface area (Å²) in [5, 5.41) is 0. The van der Waals surface area contributed by atoms with Gasteiger partial charge in [0.05, 0.1) is 19.3 Å². The van der Waals surface area contributed by atoms with Crippen LogP contribution in [0, 0.1) is 0 Å². The van der Waals surface area contributed by atoms with Crippen LogP contribution in [0.4, 0.5) is 0 Å². The molecule has 0 aromatic rings. The molecule has 0 radical (unpaired) electrons. The van der Waals surface area contributed by atoms with Crippen molar-refractivity contribution in [3.05, 3.63) is 0 Å². The Labute approximate surface area is 104 Å². The molecule has 3 rings (SSSR count). The van der Waals surface area contributed by atoms with E-state index in [1.807, 2.05) is 0 Å². The summed E-state index contributed by atoms with van der Waals surface area (Å²) in [6, 6.07) is 1.59.